The molecule has 0 bridgehead atoms. The van der Waals surface area contributed by atoms with E-state index < -0.39 is 18.0 Å². The Kier molecular flexibility index (Phi) is 4.33. The monoisotopic (exact) mass is 330 g/mol. The molecule has 1 aromatic carbocycles. The lowest BCUT2D eigenvalue weighted by atomic mass is 10.1. The predicted octanol–water partition coefficient (Wildman–Crippen LogP) is 1.67. The Balaban J connectivity index is 2.01. The molecule has 1 saturated heterocycles. The minimum Gasteiger partial charge on any atom is -0.460 e. The van der Waals surface area contributed by atoms with Crippen LogP contribution >= 0.6 is 0 Å². The quantitative estimate of drug-likeness (QED) is 0.793. The Morgan fingerprint density at radius 3 is 2.67 bits per heavy atom. The minimum atomic E-state index is -0.931. The number of fused-ring (bicyclic) bond motifs is 1. The van der Waals surface area contributed by atoms with Crippen LogP contribution in [0, 0.1) is 0 Å². The zero-order valence-corrected chi connectivity index (χ0v) is 13.5. The first-order valence-electron chi connectivity index (χ1n) is 7.92. The lowest BCUT2D eigenvalue weighted by molar-refractivity contribution is -0.147. The fourth-order valence-corrected chi connectivity index (χ4v) is 2.75. The maximum absolute atomic E-state index is 12.5. The van der Waals surface area contributed by atoms with Gasteiger partial charge in [0.05, 0.1) is 5.39 Å². The summed E-state index contributed by atoms with van der Waals surface area (Å²) in [5.41, 5.74) is -0.219. The third-order valence-corrected chi connectivity index (χ3v) is 3.87. The molecule has 1 aliphatic heterocycles. The highest BCUT2D eigenvalue weighted by Crippen LogP contribution is 2.20. The molecule has 0 N–H and O–H groups in total. The van der Waals surface area contributed by atoms with E-state index in [0.717, 1.165) is 0 Å². The summed E-state index contributed by atoms with van der Waals surface area (Å²) in [7, 11) is 0. The van der Waals surface area contributed by atoms with Crippen molar-refractivity contribution in [2.24, 2.45) is 0 Å². The first-order valence-corrected chi connectivity index (χ1v) is 7.92. The van der Waals surface area contributed by atoms with Crippen molar-refractivity contribution in [2.75, 3.05) is 0 Å². The Labute approximate surface area is 138 Å². The number of nitrogens with zero attached hydrogens (tertiary/aromatic N) is 2. The summed E-state index contributed by atoms with van der Waals surface area (Å²) in [6, 6.07) is 6.74. The van der Waals surface area contributed by atoms with E-state index in [2.05, 4.69) is 5.10 Å². The van der Waals surface area contributed by atoms with E-state index in [1.54, 1.807) is 31.2 Å². The summed E-state index contributed by atoms with van der Waals surface area (Å²) in [6.07, 6.45) is -0.197. The van der Waals surface area contributed by atoms with E-state index in [9.17, 15) is 14.4 Å². The third kappa shape index (κ3) is 2.89. The summed E-state index contributed by atoms with van der Waals surface area (Å²) >= 11 is 0. The first-order chi connectivity index (χ1) is 11.5. The minimum absolute atomic E-state index is 0.0333. The van der Waals surface area contributed by atoms with E-state index in [1.165, 1.54) is 4.68 Å². The lowest BCUT2D eigenvalue weighted by Crippen LogP contribution is -2.28. The Bertz CT molecular complexity index is 858. The molecule has 0 radical (unpaired) electrons. The number of rotatable bonds is 4. The lowest BCUT2D eigenvalue weighted by Gasteiger charge is -2.12. The average molecular weight is 330 g/mol. The molecule has 126 valence electrons. The topological polar surface area (TPSA) is 87.5 Å². The summed E-state index contributed by atoms with van der Waals surface area (Å²) in [5, 5.41) is 4.97. The molecule has 2 unspecified atom stereocenters. The maximum Gasteiger partial charge on any atom is 0.360 e. The molecule has 1 aliphatic rings. The van der Waals surface area contributed by atoms with Crippen LogP contribution in [0.2, 0.25) is 0 Å². The number of aryl methyl sites for hydroxylation is 1. The molecule has 7 nitrogen and oxygen atoms in total. The second-order valence-corrected chi connectivity index (χ2v) is 5.80. The van der Waals surface area contributed by atoms with Crippen molar-refractivity contribution in [2.45, 2.75) is 45.4 Å². The molecular weight excluding hydrogens is 312 g/mol. The Hall–Kier alpha value is -2.70. The third-order valence-electron chi connectivity index (χ3n) is 3.87. The SMILES string of the molecule is CCCn1nc(C(=O)OC2CC(C)OC2=O)c2ccccc2c1=O. The number of carbonyl (C=O) groups is 2. The second-order valence-electron chi connectivity index (χ2n) is 5.80. The number of benzene rings is 1. The molecule has 2 heterocycles. The van der Waals surface area contributed by atoms with E-state index in [-0.39, 0.29) is 17.4 Å². The van der Waals surface area contributed by atoms with Gasteiger partial charge in [-0.2, -0.15) is 5.10 Å². The molecule has 3 rings (SSSR count). The van der Waals surface area contributed by atoms with Gasteiger partial charge < -0.3 is 9.47 Å². The van der Waals surface area contributed by atoms with Crippen LogP contribution < -0.4 is 5.56 Å². The van der Waals surface area contributed by atoms with Crippen LogP contribution in [-0.2, 0) is 20.8 Å². The molecule has 1 fully saturated rings. The molecule has 0 aliphatic carbocycles. The molecule has 2 aromatic rings. The maximum atomic E-state index is 12.5. The fourth-order valence-electron chi connectivity index (χ4n) is 2.75. The molecule has 0 spiro atoms. The number of carbonyl (C=O) groups excluding carboxylic acids is 2. The predicted molar refractivity (Wildman–Crippen MR) is 85.7 cm³/mol. The summed E-state index contributed by atoms with van der Waals surface area (Å²) in [6.45, 7) is 4.05. The fraction of sp³-hybridized carbons (Fsp3) is 0.412. The van der Waals surface area contributed by atoms with Gasteiger partial charge >= 0.3 is 11.9 Å². The molecule has 1 aromatic heterocycles. The van der Waals surface area contributed by atoms with Gasteiger partial charge in [-0.3, -0.25) is 4.79 Å². The molecule has 2 atom stereocenters. The highest BCUT2D eigenvalue weighted by Gasteiger charge is 2.36. The number of esters is 2. The first kappa shape index (κ1) is 16.2. The highest BCUT2D eigenvalue weighted by molar-refractivity contribution is 6.02. The summed E-state index contributed by atoms with van der Waals surface area (Å²) in [5.74, 6) is -1.28. The van der Waals surface area contributed by atoms with Crippen molar-refractivity contribution >= 4 is 22.7 Å². The van der Waals surface area contributed by atoms with Gasteiger partial charge in [0.15, 0.2) is 5.69 Å². The van der Waals surface area contributed by atoms with Gasteiger partial charge in [0.25, 0.3) is 5.56 Å². The van der Waals surface area contributed by atoms with Gasteiger partial charge in [0.1, 0.15) is 6.10 Å². The van der Waals surface area contributed by atoms with Gasteiger partial charge in [0.2, 0.25) is 6.10 Å². The average Bonchev–Trinajstić information content (AvgIpc) is 2.87. The Morgan fingerprint density at radius 2 is 2.04 bits per heavy atom. The number of hydrogen-bond acceptors (Lipinski definition) is 6. The van der Waals surface area contributed by atoms with Crippen LogP contribution in [0.25, 0.3) is 10.8 Å². The van der Waals surface area contributed by atoms with Crippen molar-refractivity contribution in [3.63, 3.8) is 0 Å². The van der Waals surface area contributed by atoms with Gasteiger partial charge in [-0.1, -0.05) is 25.1 Å². The highest BCUT2D eigenvalue weighted by atomic mass is 16.6. The van der Waals surface area contributed by atoms with Gasteiger partial charge in [-0.25, -0.2) is 14.3 Å². The van der Waals surface area contributed by atoms with Crippen molar-refractivity contribution in [1.82, 2.24) is 9.78 Å². The van der Waals surface area contributed by atoms with Gasteiger partial charge in [-0.05, 0) is 19.4 Å². The number of hydrogen-bond donors (Lipinski definition) is 0. The second kappa shape index (κ2) is 6.43. The normalized spacial score (nSPS) is 20.2. The van der Waals surface area contributed by atoms with Crippen LogP contribution in [0.5, 0.6) is 0 Å². The van der Waals surface area contributed by atoms with Crippen LogP contribution in [0.15, 0.2) is 29.1 Å². The van der Waals surface area contributed by atoms with E-state index >= 15 is 0 Å². The van der Waals surface area contributed by atoms with Crippen molar-refractivity contribution < 1.29 is 19.1 Å². The number of ether oxygens (including phenoxy) is 2. The molecule has 7 heteroatoms. The van der Waals surface area contributed by atoms with Gasteiger partial charge in [-0.15, -0.1) is 0 Å². The largest absolute Gasteiger partial charge is 0.460 e. The van der Waals surface area contributed by atoms with Crippen LogP contribution in [0.1, 0.15) is 37.2 Å². The zero-order valence-electron chi connectivity index (χ0n) is 13.5. The Morgan fingerprint density at radius 1 is 1.33 bits per heavy atom. The van der Waals surface area contributed by atoms with E-state index in [4.69, 9.17) is 9.47 Å². The molecular formula is C17H18N2O5. The molecule has 0 amide bonds. The van der Waals surface area contributed by atoms with E-state index in [1.807, 2.05) is 6.92 Å². The van der Waals surface area contributed by atoms with Crippen molar-refractivity contribution in [1.29, 1.82) is 0 Å². The van der Waals surface area contributed by atoms with Crippen LogP contribution in [0.4, 0.5) is 0 Å². The smallest absolute Gasteiger partial charge is 0.360 e. The molecule has 24 heavy (non-hydrogen) atoms. The van der Waals surface area contributed by atoms with Crippen molar-refractivity contribution in [3.8, 4) is 0 Å². The summed E-state index contributed by atoms with van der Waals surface area (Å²) < 4.78 is 11.5. The number of aromatic nitrogens is 2. The standard InChI is InChI=1S/C17H18N2O5/c1-3-8-19-15(20)12-7-5-4-6-11(12)14(18-19)17(22)24-13-9-10(2)23-16(13)21/h4-7,10,13H,3,8-9H2,1-2H3. The molecule has 0 saturated carbocycles. The van der Waals surface area contributed by atoms with Crippen LogP contribution in [-0.4, -0.2) is 33.9 Å². The van der Waals surface area contributed by atoms with Gasteiger partial charge in [0, 0.05) is 18.4 Å². The summed E-state index contributed by atoms with van der Waals surface area (Å²) in [4.78, 5) is 36.6. The number of cyclic esters (lactones) is 1. The van der Waals surface area contributed by atoms with Crippen LogP contribution in [0.3, 0.4) is 0 Å². The van der Waals surface area contributed by atoms with Crippen molar-refractivity contribution in [3.05, 3.63) is 40.3 Å². The van der Waals surface area contributed by atoms with E-state index in [0.29, 0.717) is 30.2 Å². The zero-order chi connectivity index (χ0) is 17.3.